The van der Waals surface area contributed by atoms with Crippen molar-refractivity contribution in [3.63, 3.8) is 0 Å². The second kappa shape index (κ2) is 4.63. The van der Waals surface area contributed by atoms with E-state index in [0.29, 0.717) is 5.75 Å². The lowest BCUT2D eigenvalue weighted by Gasteiger charge is -2.03. The van der Waals surface area contributed by atoms with Gasteiger partial charge in [-0.2, -0.15) is 5.26 Å². The second-order valence-corrected chi connectivity index (χ2v) is 3.67. The number of carbonyl (C=O) groups is 1. The SMILES string of the molecule is COc1ccccc2c(C(=O)[O-])c([N+]#N)c(C#N)c1-2. The molecule has 0 amide bonds. The number of aromatic carboxylic acids is 1. The first-order valence-electron chi connectivity index (χ1n) is 5.25. The zero-order chi connectivity index (χ0) is 14.0. The summed E-state index contributed by atoms with van der Waals surface area (Å²) in [6.45, 7) is 0. The molecule has 0 saturated carbocycles. The van der Waals surface area contributed by atoms with E-state index >= 15 is 0 Å². The van der Waals surface area contributed by atoms with E-state index in [9.17, 15) is 9.90 Å². The number of nitriles is 1. The zero-order valence-electron chi connectivity index (χ0n) is 9.88. The lowest BCUT2D eigenvalue weighted by atomic mass is 10.1. The molecule has 0 fully saturated rings. The Morgan fingerprint density at radius 2 is 2.11 bits per heavy atom. The Hall–Kier alpha value is -3.12. The Bertz CT molecular complexity index is 725. The molecule has 0 radical (unpaired) electrons. The molecule has 0 saturated heterocycles. The standard InChI is InChI=1S/C13H7N3O3/c1-19-9-5-3-2-4-7-10(9)8(6-14)12(16-15)11(7)13(17)18/h2-5H,1H3. The van der Waals surface area contributed by atoms with Gasteiger partial charge in [0.15, 0.2) is 10.5 Å². The van der Waals surface area contributed by atoms with E-state index in [1.165, 1.54) is 13.2 Å². The van der Waals surface area contributed by atoms with Gasteiger partial charge in [-0.25, -0.2) is 0 Å². The maximum absolute atomic E-state index is 11.2. The van der Waals surface area contributed by atoms with Gasteiger partial charge in [0, 0.05) is 5.56 Å². The van der Waals surface area contributed by atoms with E-state index in [-0.39, 0.29) is 27.9 Å². The van der Waals surface area contributed by atoms with E-state index in [2.05, 4.69) is 4.98 Å². The van der Waals surface area contributed by atoms with Crippen LogP contribution in [-0.2, 0) is 0 Å². The van der Waals surface area contributed by atoms with Gasteiger partial charge in [-0.05, 0) is 6.07 Å². The minimum Gasteiger partial charge on any atom is -0.544 e. The molecule has 2 aliphatic carbocycles. The molecule has 6 nitrogen and oxygen atoms in total. The first kappa shape index (κ1) is 12.3. The van der Waals surface area contributed by atoms with Crippen LogP contribution in [0.3, 0.4) is 0 Å². The Labute approximate surface area is 108 Å². The van der Waals surface area contributed by atoms with Crippen molar-refractivity contribution in [2.24, 2.45) is 0 Å². The maximum Gasteiger partial charge on any atom is 0.412 e. The van der Waals surface area contributed by atoms with Crippen molar-refractivity contribution in [1.29, 1.82) is 10.7 Å². The Kier molecular flexibility index (Phi) is 3.01. The van der Waals surface area contributed by atoms with Crippen LogP contribution in [0.5, 0.6) is 5.75 Å². The monoisotopic (exact) mass is 253 g/mol. The average Bonchev–Trinajstić information content (AvgIpc) is 2.58. The number of methoxy groups -OCH3 is 1. The van der Waals surface area contributed by atoms with Crippen molar-refractivity contribution in [3.8, 4) is 22.9 Å². The van der Waals surface area contributed by atoms with E-state index in [1.54, 1.807) is 18.2 Å². The fourth-order valence-corrected chi connectivity index (χ4v) is 2.02. The summed E-state index contributed by atoms with van der Waals surface area (Å²) in [7, 11) is 1.40. The smallest absolute Gasteiger partial charge is 0.412 e. The lowest BCUT2D eigenvalue weighted by molar-refractivity contribution is -0.254. The van der Waals surface area contributed by atoms with Gasteiger partial charge < -0.3 is 14.6 Å². The predicted molar refractivity (Wildman–Crippen MR) is 63.4 cm³/mol. The molecule has 0 atom stereocenters. The minimum absolute atomic E-state index is 0.0650. The number of diazo groups is 1. The minimum atomic E-state index is -1.52. The fourth-order valence-electron chi connectivity index (χ4n) is 2.02. The highest BCUT2D eigenvalue weighted by molar-refractivity contribution is 6.08. The van der Waals surface area contributed by atoms with Gasteiger partial charge in [0.2, 0.25) is 5.39 Å². The first-order chi connectivity index (χ1) is 9.15. The topological polar surface area (TPSA) is 101 Å². The largest absolute Gasteiger partial charge is 0.544 e. The summed E-state index contributed by atoms with van der Waals surface area (Å²) >= 11 is 0. The molecule has 0 spiro atoms. The summed E-state index contributed by atoms with van der Waals surface area (Å²) in [5, 5.41) is 29.3. The van der Waals surface area contributed by atoms with Crippen LogP contribution in [-0.4, -0.2) is 13.1 Å². The Balaban J connectivity index is 3.04. The van der Waals surface area contributed by atoms with E-state index in [0.717, 1.165) is 0 Å². The molecular weight excluding hydrogens is 246 g/mol. The molecule has 0 unspecified atom stereocenters. The highest BCUT2D eigenvalue weighted by atomic mass is 16.5. The number of hydrogen-bond donors (Lipinski definition) is 0. The number of hydrogen-bond acceptors (Lipinski definition) is 5. The number of ether oxygens (including phenoxy) is 1. The Morgan fingerprint density at radius 3 is 2.63 bits per heavy atom. The maximum atomic E-state index is 11.2. The Morgan fingerprint density at radius 1 is 1.42 bits per heavy atom. The normalized spacial score (nSPS) is 9.63. The van der Waals surface area contributed by atoms with Crippen LogP contribution in [0.25, 0.3) is 16.1 Å². The lowest BCUT2D eigenvalue weighted by Crippen LogP contribution is -2.22. The summed E-state index contributed by atoms with van der Waals surface area (Å²) in [5.41, 5.74) is -0.205. The summed E-state index contributed by atoms with van der Waals surface area (Å²) in [6.07, 6.45) is 0. The van der Waals surface area contributed by atoms with Gasteiger partial charge in [-0.3, -0.25) is 0 Å². The van der Waals surface area contributed by atoms with Crippen LogP contribution in [0.1, 0.15) is 15.9 Å². The predicted octanol–water partition coefficient (Wildman–Crippen LogP) is 1.52. The number of carbonyl (C=O) groups excluding carboxylic acids is 1. The van der Waals surface area contributed by atoms with Crippen LogP contribution in [0.4, 0.5) is 5.69 Å². The fraction of sp³-hybridized carbons (Fsp3) is 0.0769. The summed E-state index contributed by atoms with van der Waals surface area (Å²) in [4.78, 5) is 14.1. The van der Waals surface area contributed by atoms with E-state index in [1.807, 2.05) is 6.07 Å². The summed E-state index contributed by atoms with van der Waals surface area (Å²) in [5.74, 6) is -1.21. The van der Waals surface area contributed by atoms with Crippen LogP contribution < -0.4 is 9.84 Å². The molecule has 19 heavy (non-hydrogen) atoms. The molecule has 2 aliphatic rings. The van der Waals surface area contributed by atoms with Gasteiger partial charge in [0.25, 0.3) is 0 Å². The molecule has 0 heterocycles. The van der Waals surface area contributed by atoms with Crippen molar-refractivity contribution in [3.05, 3.63) is 40.4 Å². The highest BCUT2D eigenvalue weighted by Crippen LogP contribution is 2.45. The molecule has 2 rings (SSSR count). The van der Waals surface area contributed by atoms with Gasteiger partial charge in [0.05, 0.1) is 18.6 Å². The third-order valence-electron chi connectivity index (χ3n) is 2.77. The molecule has 0 aromatic carbocycles. The number of rotatable bonds is 2. The van der Waals surface area contributed by atoms with Gasteiger partial charge in [0.1, 0.15) is 17.4 Å². The zero-order valence-corrected chi connectivity index (χ0v) is 9.88. The molecular formula is C13H7N3O3. The number of nitrogens with zero attached hydrogens (tertiary/aromatic N) is 3. The van der Waals surface area contributed by atoms with Crippen LogP contribution in [0.15, 0.2) is 24.3 Å². The van der Waals surface area contributed by atoms with Crippen molar-refractivity contribution >= 4 is 11.7 Å². The van der Waals surface area contributed by atoms with Crippen molar-refractivity contribution in [2.45, 2.75) is 0 Å². The molecule has 0 bridgehead atoms. The number of carboxylic acids is 1. The van der Waals surface area contributed by atoms with Crippen LogP contribution in [0.2, 0.25) is 0 Å². The number of fused-ring (bicyclic) bond motifs is 1. The number of carboxylic acid groups (broad SMARTS) is 1. The molecule has 92 valence electrons. The van der Waals surface area contributed by atoms with Gasteiger partial charge in [-0.1, -0.05) is 18.2 Å². The quantitative estimate of drug-likeness (QED) is 0.755. The van der Waals surface area contributed by atoms with E-state index in [4.69, 9.17) is 15.4 Å². The highest BCUT2D eigenvalue weighted by Gasteiger charge is 2.34. The van der Waals surface area contributed by atoms with Gasteiger partial charge >= 0.3 is 5.69 Å². The summed E-state index contributed by atoms with van der Waals surface area (Å²) in [6, 6.07) is 8.16. The van der Waals surface area contributed by atoms with E-state index < -0.39 is 5.97 Å². The second-order valence-electron chi connectivity index (χ2n) is 3.67. The van der Waals surface area contributed by atoms with Gasteiger partial charge in [-0.15, -0.1) is 0 Å². The molecule has 0 aromatic heterocycles. The molecule has 0 N–H and O–H groups in total. The molecule has 0 aliphatic heterocycles. The third kappa shape index (κ3) is 1.72. The van der Waals surface area contributed by atoms with Crippen LogP contribution in [0, 0.1) is 16.7 Å². The molecule has 0 aromatic rings. The third-order valence-corrected chi connectivity index (χ3v) is 2.77. The summed E-state index contributed by atoms with van der Waals surface area (Å²) < 4.78 is 5.13. The van der Waals surface area contributed by atoms with Crippen LogP contribution >= 0.6 is 0 Å². The van der Waals surface area contributed by atoms with Crippen molar-refractivity contribution < 1.29 is 14.6 Å². The van der Waals surface area contributed by atoms with Crippen molar-refractivity contribution in [2.75, 3.05) is 7.11 Å². The van der Waals surface area contributed by atoms with Crippen molar-refractivity contribution in [1.82, 2.24) is 0 Å². The average molecular weight is 253 g/mol. The molecule has 6 heteroatoms. The first-order valence-corrected chi connectivity index (χ1v) is 5.25.